The number of aromatic nitrogens is 1. The number of aryl methyl sites for hydroxylation is 1. The van der Waals surface area contributed by atoms with Crippen molar-refractivity contribution in [3.63, 3.8) is 0 Å². The normalized spacial score (nSPS) is 11.0. The predicted octanol–water partition coefficient (Wildman–Crippen LogP) is 4.00. The average Bonchev–Trinajstić information content (AvgIpc) is 3.02. The highest BCUT2D eigenvalue weighted by Crippen LogP contribution is 2.32. The molecule has 0 saturated carbocycles. The van der Waals surface area contributed by atoms with E-state index in [2.05, 4.69) is 5.32 Å². The Bertz CT molecular complexity index is 1010. The maximum atomic E-state index is 12.6. The van der Waals surface area contributed by atoms with Crippen LogP contribution in [0.5, 0.6) is 5.75 Å². The summed E-state index contributed by atoms with van der Waals surface area (Å²) in [6, 6.07) is 6.87. The number of pyridine rings is 1. The molecule has 3 rings (SSSR count). The van der Waals surface area contributed by atoms with Crippen LogP contribution in [0.15, 0.2) is 34.4 Å². The van der Waals surface area contributed by atoms with Crippen molar-refractivity contribution in [1.82, 2.24) is 4.57 Å². The fraction of sp³-hybridized carbons (Fsp3) is 0.176. The van der Waals surface area contributed by atoms with Crippen molar-refractivity contribution in [2.45, 2.75) is 20.4 Å². The number of benzene rings is 1. The Morgan fingerprint density at radius 1 is 1.38 bits per heavy atom. The lowest BCUT2D eigenvalue weighted by molar-refractivity contribution is 0.102. The molecule has 0 unspecified atom stereocenters. The number of aromatic hydroxyl groups is 1. The first-order chi connectivity index (χ1) is 11.5. The zero-order chi connectivity index (χ0) is 17.4. The second kappa shape index (κ2) is 6.30. The lowest BCUT2D eigenvalue weighted by atomic mass is 10.1. The van der Waals surface area contributed by atoms with E-state index in [-0.39, 0.29) is 11.3 Å². The minimum atomic E-state index is -0.652. The van der Waals surface area contributed by atoms with Crippen molar-refractivity contribution < 1.29 is 9.90 Å². The third-order valence-electron chi connectivity index (χ3n) is 3.91. The Kier molecular flexibility index (Phi) is 4.34. The zero-order valence-corrected chi connectivity index (χ0v) is 14.7. The topological polar surface area (TPSA) is 71.3 Å². The first-order valence-corrected chi connectivity index (χ1v) is 8.60. The van der Waals surface area contributed by atoms with Gasteiger partial charge in [0.05, 0.1) is 10.2 Å². The van der Waals surface area contributed by atoms with Crippen molar-refractivity contribution in [2.24, 2.45) is 0 Å². The van der Waals surface area contributed by atoms with Gasteiger partial charge in [0.25, 0.3) is 11.5 Å². The first kappa shape index (κ1) is 16.5. The van der Waals surface area contributed by atoms with Gasteiger partial charge >= 0.3 is 0 Å². The van der Waals surface area contributed by atoms with Crippen molar-refractivity contribution >= 4 is 44.7 Å². The van der Waals surface area contributed by atoms with Gasteiger partial charge in [0.2, 0.25) is 0 Å². The molecule has 2 N–H and O–H groups in total. The third kappa shape index (κ3) is 2.57. The monoisotopic (exact) mass is 362 g/mol. The maximum Gasteiger partial charge on any atom is 0.267 e. The number of halogens is 1. The molecular formula is C17H15ClN2O3S. The van der Waals surface area contributed by atoms with Crippen LogP contribution >= 0.6 is 22.9 Å². The van der Waals surface area contributed by atoms with Crippen LogP contribution < -0.4 is 10.9 Å². The Morgan fingerprint density at radius 2 is 2.12 bits per heavy atom. The van der Waals surface area contributed by atoms with Crippen LogP contribution in [0.3, 0.4) is 0 Å². The van der Waals surface area contributed by atoms with Gasteiger partial charge in [-0.25, -0.2) is 0 Å². The molecule has 0 atom stereocenters. The largest absolute Gasteiger partial charge is 0.505 e. The fourth-order valence-electron chi connectivity index (χ4n) is 2.60. The second-order valence-corrected chi connectivity index (χ2v) is 6.60. The molecule has 1 amide bonds. The predicted molar refractivity (Wildman–Crippen MR) is 97.6 cm³/mol. The lowest BCUT2D eigenvalue weighted by Gasteiger charge is -2.13. The number of hydrogen-bond donors (Lipinski definition) is 2. The molecule has 0 radical (unpaired) electrons. The number of amides is 1. The number of carbonyl (C=O) groups is 1. The van der Waals surface area contributed by atoms with Crippen LogP contribution in [-0.4, -0.2) is 15.6 Å². The van der Waals surface area contributed by atoms with Crippen LogP contribution in [0, 0.1) is 6.92 Å². The van der Waals surface area contributed by atoms with Crippen LogP contribution in [0.25, 0.3) is 10.2 Å². The zero-order valence-electron chi connectivity index (χ0n) is 13.1. The van der Waals surface area contributed by atoms with Crippen molar-refractivity contribution in [3.8, 4) is 5.75 Å². The van der Waals surface area contributed by atoms with Crippen molar-refractivity contribution in [2.75, 3.05) is 5.32 Å². The third-order valence-corrected chi connectivity index (χ3v) is 5.23. The molecule has 0 fully saturated rings. The van der Waals surface area contributed by atoms with Crippen LogP contribution in [0.4, 0.5) is 5.69 Å². The minimum Gasteiger partial charge on any atom is -0.505 e. The summed E-state index contributed by atoms with van der Waals surface area (Å²) in [6.07, 6.45) is 0. The Labute approximate surface area is 147 Å². The number of rotatable bonds is 3. The summed E-state index contributed by atoms with van der Waals surface area (Å²) in [5.41, 5.74) is 1.05. The smallest absolute Gasteiger partial charge is 0.267 e. The first-order valence-electron chi connectivity index (χ1n) is 7.35. The van der Waals surface area contributed by atoms with Gasteiger partial charge < -0.3 is 15.0 Å². The number of nitrogens with zero attached hydrogens (tertiary/aromatic N) is 1. The summed E-state index contributed by atoms with van der Waals surface area (Å²) >= 11 is 7.34. The van der Waals surface area contributed by atoms with E-state index in [1.807, 2.05) is 6.92 Å². The van der Waals surface area contributed by atoms with Crippen LogP contribution in [-0.2, 0) is 6.54 Å². The van der Waals surface area contributed by atoms with Crippen LogP contribution in [0.2, 0.25) is 5.02 Å². The number of anilines is 1. The van der Waals surface area contributed by atoms with Gasteiger partial charge in [0.1, 0.15) is 5.56 Å². The number of nitrogens with one attached hydrogen (secondary N) is 1. The molecule has 2 aromatic heterocycles. The van der Waals surface area contributed by atoms with E-state index in [1.54, 1.807) is 36.6 Å². The van der Waals surface area contributed by atoms with Gasteiger partial charge in [-0.15, -0.1) is 11.3 Å². The summed E-state index contributed by atoms with van der Waals surface area (Å²) in [7, 11) is 0. The highest BCUT2D eigenvalue weighted by molar-refractivity contribution is 7.17. The maximum absolute atomic E-state index is 12.6. The Balaban J connectivity index is 2.13. The Morgan fingerprint density at radius 3 is 2.83 bits per heavy atom. The van der Waals surface area contributed by atoms with E-state index >= 15 is 0 Å². The molecule has 0 aliphatic rings. The summed E-state index contributed by atoms with van der Waals surface area (Å²) in [5.74, 6) is -0.938. The highest BCUT2D eigenvalue weighted by Gasteiger charge is 2.23. The summed E-state index contributed by atoms with van der Waals surface area (Å²) in [4.78, 5) is 25.3. The lowest BCUT2D eigenvalue weighted by Crippen LogP contribution is -2.29. The molecule has 1 aromatic carbocycles. The average molecular weight is 363 g/mol. The number of thiophene rings is 1. The molecule has 7 heteroatoms. The molecule has 24 heavy (non-hydrogen) atoms. The van der Waals surface area contributed by atoms with Gasteiger partial charge in [-0.05, 0) is 43.0 Å². The summed E-state index contributed by atoms with van der Waals surface area (Å²) in [6.45, 7) is 3.99. The molecule has 0 aliphatic carbocycles. The van der Waals surface area contributed by atoms with Gasteiger partial charge in [0.15, 0.2) is 5.75 Å². The van der Waals surface area contributed by atoms with E-state index in [0.29, 0.717) is 33.0 Å². The number of hydrogen-bond acceptors (Lipinski definition) is 4. The highest BCUT2D eigenvalue weighted by atomic mass is 35.5. The number of fused-ring (bicyclic) bond motifs is 1. The standard InChI is InChI=1S/C17H15ClN2O3S/c1-3-20-12-7-8-24-15(12)14(21)13(17(20)23)16(22)19-11-6-4-5-10(18)9(11)2/h4-8,21H,3H2,1-2H3,(H,19,22). The quantitative estimate of drug-likeness (QED) is 0.739. The molecule has 0 bridgehead atoms. The molecule has 0 saturated heterocycles. The van der Waals surface area contributed by atoms with E-state index in [1.165, 1.54) is 15.9 Å². The van der Waals surface area contributed by atoms with Gasteiger partial charge in [-0.1, -0.05) is 17.7 Å². The fourth-order valence-corrected chi connectivity index (χ4v) is 3.62. The molecule has 124 valence electrons. The Hall–Kier alpha value is -2.31. The molecule has 0 spiro atoms. The van der Waals surface area contributed by atoms with E-state index in [0.717, 1.165) is 0 Å². The summed E-state index contributed by atoms with van der Waals surface area (Å²) in [5, 5.41) is 15.4. The minimum absolute atomic E-state index is 0.258. The van der Waals surface area contributed by atoms with Gasteiger partial charge in [-0.2, -0.15) is 0 Å². The molecule has 3 aromatic rings. The van der Waals surface area contributed by atoms with E-state index < -0.39 is 11.5 Å². The van der Waals surface area contributed by atoms with E-state index in [9.17, 15) is 14.7 Å². The molecular weight excluding hydrogens is 348 g/mol. The molecule has 0 aliphatic heterocycles. The van der Waals surface area contributed by atoms with Gasteiger partial charge in [0, 0.05) is 17.3 Å². The molecule has 5 nitrogen and oxygen atoms in total. The SMILES string of the molecule is CCn1c(=O)c(C(=O)Nc2cccc(Cl)c2C)c(O)c2sccc21. The second-order valence-electron chi connectivity index (χ2n) is 5.27. The van der Waals surface area contributed by atoms with Crippen molar-refractivity contribution in [3.05, 3.63) is 56.1 Å². The van der Waals surface area contributed by atoms with Crippen molar-refractivity contribution in [1.29, 1.82) is 0 Å². The van der Waals surface area contributed by atoms with E-state index in [4.69, 9.17) is 11.6 Å². The number of carbonyl (C=O) groups excluding carboxylic acids is 1. The molecule has 2 heterocycles. The van der Waals surface area contributed by atoms with Gasteiger partial charge in [-0.3, -0.25) is 9.59 Å². The summed E-state index contributed by atoms with van der Waals surface area (Å²) < 4.78 is 2.00. The van der Waals surface area contributed by atoms with Crippen LogP contribution in [0.1, 0.15) is 22.8 Å².